The minimum atomic E-state index is -0.300. The molecule has 0 saturated heterocycles. The van der Waals surface area contributed by atoms with Crippen LogP contribution in [0.4, 0.5) is 5.69 Å². The summed E-state index contributed by atoms with van der Waals surface area (Å²) in [6.45, 7) is 6.40. The number of nitrogen functional groups attached to an aromatic ring is 1. The largest absolute Gasteiger partial charge is 0.504 e. The molecule has 0 bridgehead atoms. The lowest BCUT2D eigenvalue weighted by molar-refractivity contribution is 0.227. The van der Waals surface area contributed by atoms with Gasteiger partial charge < -0.3 is 20.1 Å². The minimum absolute atomic E-state index is 0.0211. The number of aryl methyl sites for hydroxylation is 1. The van der Waals surface area contributed by atoms with E-state index in [1.165, 1.54) is 0 Å². The van der Waals surface area contributed by atoms with Crippen LogP contribution in [-0.2, 0) is 6.54 Å². The lowest BCUT2D eigenvalue weighted by atomic mass is 10.1. The van der Waals surface area contributed by atoms with Crippen molar-refractivity contribution in [3.05, 3.63) is 28.6 Å². The van der Waals surface area contributed by atoms with Gasteiger partial charge in [0.05, 0.1) is 11.6 Å². The first-order valence-electron chi connectivity index (χ1n) is 8.27. The number of hydrogen-bond acceptors (Lipinski definition) is 4. The fraction of sp³-hybridized carbons (Fsp3) is 0.500. The van der Waals surface area contributed by atoms with Crippen molar-refractivity contribution in [1.82, 2.24) is 4.57 Å². The average Bonchev–Trinajstić information content (AvgIpc) is 2.50. The van der Waals surface area contributed by atoms with Crippen LogP contribution in [0.5, 0.6) is 11.5 Å². The van der Waals surface area contributed by atoms with Crippen LogP contribution in [0, 0.1) is 0 Å². The first-order chi connectivity index (χ1) is 11.0. The number of anilines is 1. The van der Waals surface area contributed by atoms with E-state index in [9.17, 15) is 9.90 Å². The molecule has 1 aromatic heterocycles. The number of ether oxygens (including phenoxy) is 1. The molecule has 0 aliphatic rings. The van der Waals surface area contributed by atoms with Crippen molar-refractivity contribution in [2.75, 3.05) is 5.73 Å². The second-order valence-corrected chi connectivity index (χ2v) is 6.14. The van der Waals surface area contributed by atoms with Gasteiger partial charge in [-0.1, -0.05) is 26.2 Å². The van der Waals surface area contributed by atoms with Crippen molar-refractivity contribution in [1.29, 1.82) is 0 Å². The number of nitrogens with zero attached hydrogens (tertiary/aromatic N) is 1. The second kappa shape index (κ2) is 7.40. The van der Waals surface area contributed by atoms with Crippen LogP contribution < -0.4 is 16.0 Å². The van der Waals surface area contributed by atoms with Gasteiger partial charge in [-0.3, -0.25) is 4.79 Å². The molecule has 1 aromatic carbocycles. The third-order valence-electron chi connectivity index (χ3n) is 3.81. The quantitative estimate of drug-likeness (QED) is 0.603. The predicted molar refractivity (Wildman–Crippen MR) is 94.2 cm³/mol. The fourth-order valence-electron chi connectivity index (χ4n) is 2.69. The first-order valence-corrected chi connectivity index (χ1v) is 8.27. The molecule has 1 heterocycles. The van der Waals surface area contributed by atoms with Crippen molar-refractivity contribution < 1.29 is 9.84 Å². The summed E-state index contributed by atoms with van der Waals surface area (Å²) in [5, 5.41) is 11.0. The van der Waals surface area contributed by atoms with Gasteiger partial charge in [-0.05, 0) is 38.5 Å². The molecule has 0 unspecified atom stereocenters. The van der Waals surface area contributed by atoms with Gasteiger partial charge in [-0.25, -0.2) is 0 Å². The Bertz CT molecular complexity index is 735. The minimum Gasteiger partial charge on any atom is -0.504 e. The summed E-state index contributed by atoms with van der Waals surface area (Å²) in [7, 11) is 0. The van der Waals surface area contributed by atoms with Crippen LogP contribution in [-0.4, -0.2) is 15.8 Å². The van der Waals surface area contributed by atoms with Crippen molar-refractivity contribution in [3.8, 4) is 11.5 Å². The smallest absolute Gasteiger partial charge is 0.297 e. The molecule has 0 radical (unpaired) electrons. The normalized spacial score (nSPS) is 11.3. The molecule has 0 fully saturated rings. The summed E-state index contributed by atoms with van der Waals surface area (Å²) in [5.41, 5.74) is 6.78. The average molecular weight is 318 g/mol. The van der Waals surface area contributed by atoms with E-state index in [0.29, 0.717) is 23.1 Å². The van der Waals surface area contributed by atoms with Gasteiger partial charge in [0, 0.05) is 17.6 Å². The Kier molecular flexibility index (Phi) is 5.53. The molecule has 3 N–H and O–H groups in total. The van der Waals surface area contributed by atoms with Crippen LogP contribution in [0.3, 0.4) is 0 Å². The van der Waals surface area contributed by atoms with Crippen molar-refractivity contribution in [2.45, 2.75) is 59.1 Å². The van der Waals surface area contributed by atoms with Crippen molar-refractivity contribution >= 4 is 16.6 Å². The first kappa shape index (κ1) is 17.2. The number of aromatic nitrogens is 1. The van der Waals surface area contributed by atoms with Gasteiger partial charge >= 0.3 is 0 Å². The Hall–Kier alpha value is -2.17. The Morgan fingerprint density at radius 1 is 1.26 bits per heavy atom. The summed E-state index contributed by atoms with van der Waals surface area (Å²) >= 11 is 0. The number of pyridine rings is 1. The van der Waals surface area contributed by atoms with Crippen LogP contribution in [0.1, 0.15) is 46.5 Å². The maximum atomic E-state index is 12.8. The van der Waals surface area contributed by atoms with E-state index < -0.39 is 0 Å². The highest BCUT2D eigenvalue weighted by molar-refractivity contribution is 5.89. The van der Waals surface area contributed by atoms with E-state index in [0.717, 1.165) is 25.7 Å². The summed E-state index contributed by atoms with van der Waals surface area (Å²) in [6.07, 6.45) is 4.06. The molecule has 5 heteroatoms. The van der Waals surface area contributed by atoms with Gasteiger partial charge in [-0.15, -0.1) is 0 Å². The molecule has 126 valence electrons. The lowest BCUT2D eigenvalue weighted by Crippen LogP contribution is -2.24. The van der Waals surface area contributed by atoms with E-state index in [1.807, 2.05) is 13.8 Å². The van der Waals surface area contributed by atoms with E-state index in [4.69, 9.17) is 10.5 Å². The topological polar surface area (TPSA) is 77.5 Å². The third kappa shape index (κ3) is 3.78. The highest BCUT2D eigenvalue weighted by atomic mass is 16.5. The summed E-state index contributed by atoms with van der Waals surface area (Å²) in [4.78, 5) is 12.8. The SMILES string of the molecule is CCCCCCn1c(=O)c(OC(C)C)c(O)c2ccc(N)cc21. The molecule has 2 rings (SSSR count). The zero-order chi connectivity index (χ0) is 17.0. The molecule has 2 aromatic rings. The number of benzene rings is 1. The number of aromatic hydroxyl groups is 1. The monoisotopic (exact) mass is 318 g/mol. The van der Waals surface area contributed by atoms with Crippen molar-refractivity contribution in [2.24, 2.45) is 0 Å². The molecule has 0 aliphatic heterocycles. The van der Waals surface area contributed by atoms with Gasteiger partial charge in [0.15, 0.2) is 5.75 Å². The maximum Gasteiger partial charge on any atom is 0.297 e. The highest BCUT2D eigenvalue weighted by Crippen LogP contribution is 2.33. The van der Waals surface area contributed by atoms with Gasteiger partial charge in [0.2, 0.25) is 5.75 Å². The van der Waals surface area contributed by atoms with Gasteiger partial charge in [-0.2, -0.15) is 0 Å². The van der Waals surface area contributed by atoms with Crippen LogP contribution in [0.15, 0.2) is 23.0 Å². The molecule has 0 atom stereocenters. The van der Waals surface area contributed by atoms with Crippen LogP contribution >= 0.6 is 0 Å². The zero-order valence-electron chi connectivity index (χ0n) is 14.1. The van der Waals surface area contributed by atoms with E-state index in [1.54, 1.807) is 22.8 Å². The number of nitrogens with two attached hydrogens (primary N) is 1. The van der Waals surface area contributed by atoms with Gasteiger partial charge in [0.25, 0.3) is 5.56 Å². The van der Waals surface area contributed by atoms with Crippen LogP contribution in [0.2, 0.25) is 0 Å². The number of unbranched alkanes of at least 4 members (excludes halogenated alkanes) is 3. The van der Waals surface area contributed by atoms with E-state index >= 15 is 0 Å². The number of fused-ring (bicyclic) bond motifs is 1. The molecular formula is C18H26N2O3. The third-order valence-corrected chi connectivity index (χ3v) is 3.81. The maximum absolute atomic E-state index is 12.8. The summed E-state index contributed by atoms with van der Waals surface area (Å²) in [6, 6.07) is 5.18. The Balaban J connectivity index is 2.56. The molecule has 0 aliphatic carbocycles. The Labute approximate surface area is 136 Å². The second-order valence-electron chi connectivity index (χ2n) is 6.14. The molecule has 0 saturated carbocycles. The van der Waals surface area contributed by atoms with E-state index in [-0.39, 0.29) is 23.2 Å². The molecule has 0 amide bonds. The number of rotatable bonds is 7. The van der Waals surface area contributed by atoms with Gasteiger partial charge in [0.1, 0.15) is 0 Å². The van der Waals surface area contributed by atoms with Crippen LogP contribution in [0.25, 0.3) is 10.9 Å². The fourth-order valence-corrected chi connectivity index (χ4v) is 2.69. The Morgan fingerprint density at radius 3 is 2.65 bits per heavy atom. The predicted octanol–water partition coefficient (Wildman–Crippen LogP) is 3.66. The van der Waals surface area contributed by atoms with E-state index in [2.05, 4.69) is 6.92 Å². The summed E-state index contributed by atoms with van der Waals surface area (Å²) < 4.78 is 7.23. The standard InChI is InChI=1S/C18H26N2O3/c1-4-5-6-7-10-20-15-11-13(19)8-9-14(15)16(21)17(18(20)22)23-12(2)3/h8-9,11-12,21H,4-7,10,19H2,1-3H3. The van der Waals surface area contributed by atoms with Crippen molar-refractivity contribution in [3.63, 3.8) is 0 Å². The number of hydrogen-bond donors (Lipinski definition) is 2. The Morgan fingerprint density at radius 2 is 2.00 bits per heavy atom. The molecule has 23 heavy (non-hydrogen) atoms. The summed E-state index contributed by atoms with van der Waals surface area (Å²) in [5.74, 6) is -0.0868. The zero-order valence-corrected chi connectivity index (χ0v) is 14.1. The molecular weight excluding hydrogens is 292 g/mol. The molecule has 0 spiro atoms. The highest BCUT2D eigenvalue weighted by Gasteiger charge is 2.18. The molecule has 5 nitrogen and oxygen atoms in total. The lowest BCUT2D eigenvalue weighted by Gasteiger charge is -2.17.